The summed E-state index contributed by atoms with van der Waals surface area (Å²) >= 11 is 7.24. The van der Waals surface area contributed by atoms with E-state index >= 15 is 0 Å². The van der Waals surface area contributed by atoms with Crippen molar-refractivity contribution < 1.29 is 28.7 Å². The molecule has 0 radical (unpaired) electrons. The third kappa shape index (κ3) is 7.10. The Morgan fingerprint density at radius 3 is 2.59 bits per heavy atom. The molecule has 202 valence electrons. The predicted octanol–water partition coefficient (Wildman–Crippen LogP) is 5.16. The molecular weight excluding hydrogens is 542 g/mol. The normalized spacial score (nSPS) is 12.8. The van der Waals surface area contributed by atoms with E-state index in [4.69, 9.17) is 21.1 Å². The number of hydrogen-bond donors (Lipinski definition) is 2. The Labute approximate surface area is 234 Å². The molecule has 1 aliphatic carbocycles. The van der Waals surface area contributed by atoms with Gasteiger partial charge in [-0.2, -0.15) is 5.10 Å². The zero-order chi connectivity index (χ0) is 27.8. The summed E-state index contributed by atoms with van der Waals surface area (Å²) in [4.78, 5) is 51.3. The maximum Gasteiger partial charge on any atom is 0.343 e. The van der Waals surface area contributed by atoms with E-state index in [1.165, 1.54) is 23.6 Å². The monoisotopic (exact) mass is 567 g/mol. The molecule has 0 bridgehead atoms. The number of amides is 2. The van der Waals surface area contributed by atoms with Crippen molar-refractivity contribution in [2.75, 3.05) is 11.9 Å². The first-order chi connectivity index (χ1) is 18.9. The largest absolute Gasteiger partial charge is 0.462 e. The first kappa shape index (κ1) is 28.0. The quantitative estimate of drug-likeness (QED) is 0.102. The number of aryl methyl sites for hydroxylation is 1. The van der Waals surface area contributed by atoms with Gasteiger partial charge in [0.2, 0.25) is 0 Å². The topological polar surface area (TPSA) is 123 Å². The highest BCUT2D eigenvalue weighted by atomic mass is 35.5. The van der Waals surface area contributed by atoms with Gasteiger partial charge in [0.15, 0.2) is 0 Å². The third-order valence-electron chi connectivity index (χ3n) is 5.89. The molecule has 1 aromatic heterocycles. The lowest BCUT2D eigenvalue weighted by molar-refractivity contribution is -0.136. The highest BCUT2D eigenvalue weighted by molar-refractivity contribution is 7.17. The summed E-state index contributed by atoms with van der Waals surface area (Å²) < 4.78 is 10.7. The Balaban J connectivity index is 1.43. The number of nitrogens with zero attached hydrogens (tertiary/aromatic N) is 1. The number of para-hydroxylation sites is 1. The second-order valence-electron chi connectivity index (χ2n) is 8.58. The zero-order valence-corrected chi connectivity index (χ0v) is 22.7. The number of rotatable bonds is 7. The van der Waals surface area contributed by atoms with Crippen molar-refractivity contribution in [3.8, 4) is 5.75 Å². The molecule has 3 aromatic rings. The van der Waals surface area contributed by atoms with Crippen LogP contribution in [0.3, 0.4) is 0 Å². The number of hydrazone groups is 1. The second kappa shape index (κ2) is 13.2. The molecule has 0 unspecified atom stereocenters. The third-order valence-corrected chi connectivity index (χ3v) is 7.33. The number of carbonyl (C=O) groups excluding carboxylic acids is 4. The number of hydrogen-bond acceptors (Lipinski definition) is 8. The van der Waals surface area contributed by atoms with Gasteiger partial charge in [-0.3, -0.25) is 9.59 Å². The SMILES string of the molecule is CCOC(=O)c1c(NC(=O)C(=O)N/N=C/c2ccccc2OC(=O)c2cccc(Cl)c2)sc2c1CCCCC2. The van der Waals surface area contributed by atoms with Crippen molar-refractivity contribution in [1.82, 2.24) is 5.43 Å². The number of carbonyl (C=O) groups is 4. The van der Waals surface area contributed by atoms with E-state index < -0.39 is 23.8 Å². The first-order valence-corrected chi connectivity index (χ1v) is 13.6. The van der Waals surface area contributed by atoms with Crippen molar-refractivity contribution in [2.24, 2.45) is 5.10 Å². The minimum absolute atomic E-state index is 0.196. The van der Waals surface area contributed by atoms with Crippen molar-refractivity contribution >= 4 is 57.9 Å². The maximum absolute atomic E-state index is 12.7. The van der Waals surface area contributed by atoms with Gasteiger partial charge in [0.05, 0.1) is 23.9 Å². The number of halogens is 1. The summed E-state index contributed by atoms with van der Waals surface area (Å²) in [6, 6.07) is 12.9. The van der Waals surface area contributed by atoms with Gasteiger partial charge in [0, 0.05) is 15.5 Å². The fourth-order valence-corrected chi connectivity index (χ4v) is 5.54. The minimum Gasteiger partial charge on any atom is -0.462 e. The predicted molar refractivity (Wildman–Crippen MR) is 149 cm³/mol. The molecule has 11 heteroatoms. The van der Waals surface area contributed by atoms with E-state index in [2.05, 4.69) is 15.8 Å². The van der Waals surface area contributed by atoms with E-state index in [-0.39, 0.29) is 17.9 Å². The Kier molecular flexibility index (Phi) is 9.45. The number of thiophene rings is 1. The zero-order valence-electron chi connectivity index (χ0n) is 21.1. The highest BCUT2D eigenvalue weighted by Gasteiger charge is 2.28. The van der Waals surface area contributed by atoms with Gasteiger partial charge in [0.1, 0.15) is 10.8 Å². The average Bonchev–Trinajstić information content (AvgIpc) is 3.09. The van der Waals surface area contributed by atoms with Crippen LogP contribution in [0.2, 0.25) is 5.02 Å². The van der Waals surface area contributed by atoms with Crippen LogP contribution in [0.1, 0.15) is 62.9 Å². The molecular formula is C28H26ClN3O6S. The van der Waals surface area contributed by atoms with E-state index in [0.29, 0.717) is 27.6 Å². The Hall–Kier alpha value is -4.02. The minimum atomic E-state index is -1.03. The molecule has 0 saturated heterocycles. The molecule has 0 aliphatic heterocycles. The molecule has 1 heterocycles. The summed E-state index contributed by atoms with van der Waals surface area (Å²) in [6.07, 6.45) is 5.77. The molecule has 9 nitrogen and oxygen atoms in total. The fourth-order valence-electron chi connectivity index (χ4n) is 4.08. The molecule has 2 N–H and O–H groups in total. The van der Waals surface area contributed by atoms with Gasteiger partial charge in [-0.1, -0.05) is 36.2 Å². The van der Waals surface area contributed by atoms with Crippen molar-refractivity contribution in [1.29, 1.82) is 0 Å². The number of benzene rings is 2. The summed E-state index contributed by atoms with van der Waals surface area (Å²) in [7, 11) is 0. The molecule has 0 saturated carbocycles. The van der Waals surface area contributed by atoms with Crippen LogP contribution < -0.4 is 15.5 Å². The highest BCUT2D eigenvalue weighted by Crippen LogP contribution is 2.38. The lowest BCUT2D eigenvalue weighted by atomic mass is 10.1. The summed E-state index contributed by atoms with van der Waals surface area (Å²) in [5, 5.41) is 7.08. The van der Waals surface area contributed by atoms with Crippen LogP contribution in [0.4, 0.5) is 5.00 Å². The Morgan fingerprint density at radius 2 is 1.79 bits per heavy atom. The van der Waals surface area contributed by atoms with Crippen LogP contribution in [0.5, 0.6) is 5.75 Å². The van der Waals surface area contributed by atoms with Crippen LogP contribution in [0.15, 0.2) is 53.6 Å². The van der Waals surface area contributed by atoms with Gasteiger partial charge >= 0.3 is 23.8 Å². The van der Waals surface area contributed by atoms with E-state index in [1.807, 2.05) is 0 Å². The summed E-state index contributed by atoms with van der Waals surface area (Å²) in [5.41, 5.74) is 4.03. The molecule has 2 amide bonds. The van der Waals surface area contributed by atoms with Crippen molar-refractivity contribution in [3.05, 3.63) is 80.7 Å². The molecule has 0 atom stereocenters. The second-order valence-corrected chi connectivity index (χ2v) is 10.1. The van der Waals surface area contributed by atoms with Gasteiger partial charge in [-0.25, -0.2) is 15.0 Å². The van der Waals surface area contributed by atoms with Crippen LogP contribution in [0, 0.1) is 0 Å². The number of fused-ring (bicyclic) bond motifs is 1. The average molecular weight is 568 g/mol. The molecule has 1 aliphatic rings. The molecule has 39 heavy (non-hydrogen) atoms. The van der Waals surface area contributed by atoms with Crippen LogP contribution in [-0.2, 0) is 27.2 Å². The van der Waals surface area contributed by atoms with Crippen molar-refractivity contribution in [3.63, 3.8) is 0 Å². The van der Waals surface area contributed by atoms with E-state index in [1.54, 1.807) is 49.4 Å². The Bertz CT molecular complexity index is 1430. The first-order valence-electron chi connectivity index (χ1n) is 12.4. The lowest BCUT2D eigenvalue weighted by Gasteiger charge is -2.08. The molecule has 4 rings (SSSR count). The summed E-state index contributed by atoms with van der Waals surface area (Å²) in [5.74, 6) is -2.94. The lowest BCUT2D eigenvalue weighted by Crippen LogP contribution is -2.32. The van der Waals surface area contributed by atoms with Gasteiger partial charge in [-0.05, 0) is 68.5 Å². The van der Waals surface area contributed by atoms with Crippen molar-refractivity contribution in [2.45, 2.75) is 39.0 Å². The van der Waals surface area contributed by atoms with Crippen LogP contribution in [-0.4, -0.2) is 36.6 Å². The maximum atomic E-state index is 12.7. The van der Waals surface area contributed by atoms with Crippen LogP contribution in [0.25, 0.3) is 0 Å². The van der Waals surface area contributed by atoms with Crippen LogP contribution >= 0.6 is 22.9 Å². The number of anilines is 1. The van der Waals surface area contributed by atoms with E-state index in [0.717, 1.165) is 36.1 Å². The number of esters is 2. The van der Waals surface area contributed by atoms with Gasteiger partial charge in [-0.15, -0.1) is 11.3 Å². The standard InChI is InChI=1S/C28H26ClN3O6S/c1-2-37-28(36)23-20-12-4-3-5-14-22(20)39-26(23)31-24(33)25(34)32-30-16-18-9-6-7-13-21(18)38-27(35)17-10-8-11-19(29)15-17/h6-11,13,15-16H,2-5,12,14H2,1H3,(H,31,33)(H,32,34)/b30-16+. The molecule has 0 spiro atoms. The molecule has 2 aromatic carbocycles. The fraction of sp³-hybridized carbons (Fsp3) is 0.250. The molecule has 0 fully saturated rings. The van der Waals surface area contributed by atoms with E-state index in [9.17, 15) is 19.2 Å². The summed E-state index contributed by atoms with van der Waals surface area (Å²) in [6.45, 7) is 1.91. The Morgan fingerprint density at radius 1 is 1.00 bits per heavy atom. The van der Waals surface area contributed by atoms with Gasteiger partial charge < -0.3 is 14.8 Å². The van der Waals surface area contributed by atoms with Gasteiger partial charge in [0.25, 0.3) is 0 Å². The smallest absolute Gasteiger partial charge is 0.343 e. The number of nitrogens with one attached hydrogen (secondary N) is 2. The number of ether oxygens (including phenoxy) is 2.